The Hall–Kier alpha value is -4.29. The fourth-order valence-electron chi connectivity index (χ4n) is 4.94. The van der Waals surface area contributed by atoms with E-state index in [1.165, 1.54) is 15.5 Å². The maximum Gasteiger partial charge on any atom is 0.480 e. The van der Waals surface area contributed by atoms with Gasteiger partial charge in [-0.25, -0.2) is 23.0 Å². The minimum absolute atomic E-state index is 0.0443. The predicted molar refractivity (Wildman–Crippen MR) is 157 cm³/mol. The van der Waals surface area contributed by atoms with Crippen molar-refractivity contribution in [3.63, 3.8) is 0 Å². The molecule has 19 nitrogen and oxygen atoms in total. The topological polar surface area (TPSA) is 274 Å². The summed E-state index contributed by atoms with van der Waals surface area (Å²) in [5, 5.41) is 21.6. The number of anilines is 1. The van der Waals surface area contributed by atoms with Crippen LogP contribution in [-0.2, 0) is 29.2 Å². The van der Waals surface area contributed by atoms with Gasteiger partial charge >= 0.3 is 21.2 Å². The molecule has 1 aliphatic rings. The van der Waals surface area contributed by atoms with Gasteiger partial charge in [-0.15, -0.1) is 0 Å². The second-order valence-corrected chi connectivity index (χ2v) is 13.5. The number of aliphatic hydroxyl groups excluding tert-OH is 2. The maximum absolute atomic E-state index is 13.0. The summed E-state index contributed by atoms with van der Waals surface area (Å²) in [5.41, 5.74) is 6.22. The average Bonchev–Trinajstić information content (AvgIpc) is 3.73. The van der Waals surface area contributed by atoms with E-state index < -0.39 is 57.8 Å². The van der Waals surface area contributed by atoms with Gasteiger partial charge in [-0.1, -0.05) is 35.3 Å². The molecule has 6 atom stereocenters. The minimum Gasteiger partial charge on any atom is -0.387 e. The Balaban J connectivity index is 1.25. The van der Waals surface area contributed by atoms with Gasteiger partial charge in [-0.3, -0.25) is 23.7 Å². The highest BCUT2D eigenvalue weighted by Gasteiger charge is 2.48. The molecule has 8 N–H and O–H groups in total. The number of fused-ring (bicyclic) bond motifs is 1. The number of benzene rings is 1. The molecule has 21 heteroatoms. The zero-order valence-electron chi connectivity index (χ0n) is 23.4. The molecule has 1 saturated heterocycles. The molecule has 242 valence electrons. The molecule has 0 amide bonds. The van der Waals surface area contributed by atoms with E-state index in [-0.39, 0.29) is 29.2 Å². The number of imidazole rings is 2. The number of phosphoric acid groups is 1. The Bertz CT molecular complexity index is 2100. The molecule has 0 aliphatic carbocycles. The lowest BCUT2D eigenvalue weighted by molar-refractivity contribution is -0.745. The van der Waals surface area contributed by atoms with E-state index in [0.29, 0.717) is 10.0 Å². The van der Waals surface area contributed by atoms with E-state index in [4.69, 9.17) is 15.0 Å². The average molecular weight is 677 g/mol. The Kier molecular flexibility index (Phi) is 8.36. The summed E-state index contributed by atoms with van der Waals surface area (Å²) >= 11 is 0. The summed E-state index contributed by atoms with van der Waals surface area (Å²) in [6, 6.07) is 12.5. The molecule has 0 saturated carbocycles. The van der Waals surface area contributed by atoms with Crippen molar-refractivity contribution in [2.45, 2.75) is 31.1 Å². The smallest absolute Gasteiger partial charge is 0.387 e. The summed E-state index contributed by atoms with van der Waals surface area (Å²) in [5.74, 6) is -0.272. The normalized spacial score (nSPS) is 22.5. The Morgan fingerprint density at radius 3 is 2.50 bits per heavy atom. The molecule has 1 fully saturated rings. The number of aromatic nitrogens is 7. The largest absolute Gasteiger partial charge is 0.480 e. The van der Waals surface area contributed by atoms with E-state index in [0.717, 1.165) is 24.3 Å². The van der Waals surface area contributed by atoms with Crippen molar-refractivity contribution in [3.8, 4) is 11.3 Å². The van der Waals surface area contributed by atoms with E-state index in [2.05, 4.69) is 24.2 Å². The molecule has 0 spiro atoms. The number of ether oxygens (including phenoxy) is 1. The van der Waals surface area contributed by atoms with Crippen LogP contribution in [0.25, 0.3) is 22.4 Å². The summed E-state index contributed by atoms with van der Waals surface area (Å²) in [6.45, 7) is -0.991. The molecular weight excluding hydrogens is 650 g/mol. The van der Waals surface area contributed by atoms with Gasteiger partial charge < -0.3 is 35.5 Å². The minimum atomic E-state index is -5.21. The number of nitrogens with zero attached hydrogens (tertiary/aromatic N) is 5. The first kappa shape index (κ1) is 31.7. The summed E-state index contributed by atoms with van der Waals surface area (Å²) in [7, 11) is -10.1. The van der Waals surface area contributed by atoms with Crippen LogP contribution in [0.5, 0.6) is 0 Å². The third-order valence-corrected chi connectivity index (χ3v) is 10.1. The van der Waals surface area contributed by atoms with Crippen LogP contribution < -0.4 is 21.4 Å². The number of aromatic amines is 2. The summed E-state index contributed by atoms with van der Waals surface area (Å²) in [4.78, 5) is 58.9. The monoisotopic (exact) mass is 677 g/mol. The van der Waals surface area contributed by atoms with Gasteiger partial charge in [0.1, 0.15) is 24.6 Å². The lowest BCUT2D eigenvalue weighted by Crippen LogP contribution is -2.46. The van der Waals surface area contributed by atoms with Gasteiger partial charge in [-0.05, 0) is 17.7 Å². The van der Waals surface area contributed by atoms with Crippen molar-refractivity contribution in [1.82, 2.24) is 28.8 Å². The molecule has 46 heavy (non-hydrogen) atoms. The van der Waals surface area contributed by atoms with Gasteiger partial charge in [0, 0.05) is 18.1 Å². The molecule has 5 heterocycles. The van der Waals surface area contributed by atoms with Crippen molar-refractivity contribution in [2.75, 3.05) is 12.3 Å². The second kappa shape index (κ2) is 12.1. The molecule has 4 aromatic heterocycles. The Labute approximate surface area is 257 Å². The Morgan fingerprint density at radius 1 is 1.04 bits per heavy atom. The van der Waals surface area contributed by atoms with Gasteiger partial charge in [-0.2, -0.15) is 4.31 Å². The number of rotatable bonds is 10. The lowest BCUT2D eigenvalue weighted by Gasteiger charge is -2.19. The first-order valence-corrected chi connectivity index (χ1v) is 16.4. The van der Waals surface area contributed by atoms with Crippen molar-refractivity contribution in [2.24, 2.45) is 0 Å². The SMILES string of the molecule is Nc1nc2c(c(=O)[nH]1)n(Cc1ccc(-c3ccccc3)[nH]c1=O)c[n+]2C1OC(COP(=O)(O)OP(=O)(O)n2ccnc2)[C@H](O)[C@@H]1O. The van der Waals surface area contributed by atoms with Crippen LogP contribution >= 0.6 is 15.6 Å². The molecule has 0 radical (unpaired) electrons. The molecule has 1 aliphatic heterocycles. The van der Waals surface area contributed by atoms with Crippen LogP contribution in [0.1, 0.15) is 11.8 Å². The molecule has 6 rings (SSSR count). The zero-order valence-corrected chi connectivity index (χ0v) is 25.2. The summed E-state index contributed by atoms with van der Waals surface area (Å²) in [6.07, 6.45) is -1.91. The van der Waals surface area contributed by atoms with Crippen LogP contribution in [0.3, 0.4) is 0 Å². The van der Waals surface area contributed by atoms with Crippen molar-refractivity contribution >= 4 is 32.7 Å². The molecular formula is C25H27N8O11P2+. The molecule has 1 aromatic carbocycles. The quantitative estimate of drug-likeness (QED) is 0.0732. The highest BCUT2D eigenvalue weighted by molar-refractivity contribution is 7.63. The zero-order chi connectivity index (χ0) is 32.8. The van der Waals surface area contributed by atoms with Gasteiger partial charge in [0.05, 0.1) is 18.7 Å². The van der Waals surface area contributed by atoms with Crippen LogP contribution in [0.15, 0.2) is 77.1 Å². The molecule has 4 unspecified atom stereocenters. The standard InChI is InChI=1S/C25H26N8O11P2/c26-25-29-21-18(23(37)30-25)31(10-15-6-7-16(28-22(15)36)14-4-2-1-3-5-14)13-33(21)24-20(35)19(34)17(43-24)11-42-46(40,41)44-45(38,39)32-9-8-27-12-32/h1-9,12-13,17,19-20,24,34-35H,10-11H2,(H5-,26,28,29,30,36,37,38,39,40,41)/p+1/t17?,19-,20-,24?/m0/s1. The van der Waals surface area contributed by atoms with Crippen LogP contribution in [0.2, 0.25) is 0 Å². The van der Waals surface area contributed by atoms with E-state index in [1.807, 2.05) is 30.3 Å². The number of H-pyrrole nitrogens is 2. The lowest BCUT2D eigenvalue weighted by atomic mass is 10.1. The number of aliphatic hydroxyl groups is 2. The third-order valence-electron chi connectivity index (χ3n) is 7.11. The molecule has 0 bridgehead atoms. The molecule has 5 aromatic rings. The van der Waals surface area contributed by atoms with Gasteiger partial charge in [0.15, 0.2) is 6.33 Å². The number of nitrogens with two attached hydrogens (primary N) is 1. The number of pyridine rings is 1. The number of phosphoric ester groups is 1. The third kappa shape index (κ3) is 6.23. The first-order chi connectivity index (χ1) is 21.8. The maximum atomic E-state index is 13.0. The van der Waals surface area contributed by atoms with Crippen molar-refractivity contribution in [3.05, 3.63) is 93.8 Å². The van der Waals surface area contributed by atoms with Crippen molar-refractivity contribution < 1.29 is 47.3 Å². The van der Waals surface area contributed by atoms with Crippen molar-refractivity contribution in [1.29, 1.82) is 0 Å². The number of hydrogen-bond donors (Lipinski definition) is 7. The second-order valence-electron chi connectivity index (χ2n) is 10.2. The summed E-state index contributed by atoms with van der Waals surface area (Å²) < 4.78 is 42.8. The number of nitrogen functional groups attached to an aromatic ring is 1. The number of nitrogens with one attached hydrogen (secondary N) is 2. The van der Waals surface area contributed by atoms with E-state index in [1.54, 1.807) is 12.1 Å². The van der Waals surface area contributed by atoms with Crippen LogP contribution in [0.4, 0.5) is 5.95 Å². The van der Waals surface area contributed by atoms with E-state index in [9.17, 15) is 38.7 Å². The van der Waals surface area contributed by atoms with Crippen LogP contribution in [-0.4, -0.2) is 73.8 Å². The fourth-order valence-corrected chi connectivity index (χ4v) is 7.30. The highest BCUT2D eigenvalue weighted by Crippen LogP contribution is 2.60. The first-order valence-electron chi connectivity index (χ1n) is 13.4. The van der Waals surface area contributed by atoms with Gasteiger partial charge in [0.2, 0.25) is 11.7 Å². The predicted octanol–water partition coefficient (Wildman–Crippen LogP) is -0.404. The number of hydrogen-bond acceptors (Lipinski definition) is 12. The highest BCUT2D eigenvalue weighted by atomic mass is 31.3. The van der Waals surface area contributed by atoms with Gasteiger partial charge in [0.25, 0.3) is 17.1 Å². The Morgan fingerprint density at radius 2 is 1.80 bits per heavy atom. The van der Waals surface area contributed by atoms with E-state index >= 15 is 0 Å². The van der Waals surface area contributed by atoms with Crippen LogP contribution in [0, 0.1) is 0 Å². The fraction of sp³-hybridized carbons (Fsp3) is 0.240.